The number of hydrogen-bond acceptors (Lipinski definition) is 5. The number of anilines is 1. The molecule has 1 aliphatic heterocycles. The highest BCUT2D eigenvalue weighted by Gasteiger charge is 2.30. The monoisotopic (exact) mass is 470 g/mol. The number of carbonyl (C=O) groups excluding carboxylic acids is 2. The molecule has 35 heavy (non-hydrogen) atoms. The minimum atomic E-state index is -1.07. The minimum absolute atomic E-state index is 0.0100. The number of aldehydes is 1. The summed E-state index contributed by atoms with van der Waals surface area (Å²) in [4.78, 5) is 39.5. The van der Waals surface area contributed by atoms with Crippen molar-refractivity contribution in [3.05, 3.63) is 88.5 Å². The summed E-state index contributed by atoms with van der Waals surface area (Å²) in [6.45, 7) is 3.95. The Kier molecular flexibility index (Phi) is 5.99. The lowest BCUT2D eigenvalue weighted by Crippen LogP contribution is -2.49. The third-order valence-corrected chi connectivity index (χ3v) is 6.98. The van der Waals surface area contributed by atoms with E-state index in [2.05, 4.69) is 24.3 Å². The Morgan fingerprint density at radius 3 is 2.14 bits per heavy atom. The lowest BCUT2D eigenvalue weighted by Gasteiger charge is -2.36. The van der Waals surface area contributed by atoms with Crippen molar-refractivity contribution in [1.82, 2.24) is 4.90 Å². The molecule has 1 N–H and O–H groups in total. The number of amides is 1. The second kappa shape index (κ2) is 9.25. The molecule has 5 rings (SSSR count). The van der Waals surface area contributed by atoms with Gasteiger partial charge in [-0.3, -0.25) is 4.79 Å². The Hall–Kier alpha value is -4.13. The Balaban J connectivity index is 1.25. The van der Waals surface area contributed by atoms with Crippen LogP contribution in [0.3, 0.4) is 0 Å². The summed E-state index contributed by atoms with van der Waals surface area (Å²) in [5, 5.41) is 9.49. The van der Waals surface area contributed by atoms with Crippen molar-refractivity contribution in [2.45, 2.75) is 12.8 Å². The van der Waals surface area contributed by atoms with Crippen molar-refractivity contribution in [2.24, 2.45) is 0 Å². The van der Waals surface area contributed by atoms with Crippen molar-refractivity contribution in [2.75, 3.05) is 37.7 Å². The van der Waals surface area contributed by atoms with Crippen molar-refractivity contribution in [1.29, 1.82) is 0 Å². The number of rotatable bonds is 5. The predicted molar refractivity (Wildman–Crippen MR) is 132 cm³/mol. The average Bonchev–Trinajstić information content (AvgIpc) is 3.21. The van der Waals surface area contributed by atoms with E-state index in [0.29, 0.717) is 49.3 Å². The summed E-state index contributed by atoms with van der Waals surface area (Å²) in [6.07, 6.45) is 0.304. The first-order valence-electron chi connectivity index (χ1n) is 11.7. The van der Waals surface area contributed by atoms with E-state index in [0.717, 1.165) is 0 Å². The van der Waals surface area contributed by atoms with Gasteiger partial charge in [0.2, 0.25) is 0 Å². The number of piperazine rings is 1. The summed E-state index contributed by atoms with van der Waals surface area (Å²) >= 11 is 0. The smallest absolute Gasteiger partial charge is 0.409 e. The van der Waals surface area contributed by atoms with Crippen LogP contribution in [0.1, 0.15) is 43.3 Å². The van der Waals surface area contributed by atoms with Gasteiger partial charge in [-0.25, -0.2) is 9.59 Å². The van der Waals surface area contributed by atoms with Crippen LogP contribution in [-0.4, -0.2) is 61.1 Å². The largest absolute Gasteiger partial charge is 0.478 e. The molecule has 0 atom stereocenters. The molecule has 7 nitrogen and oxygen atoms in total. The van der Waals surface area contributed by atoms with Crippen LogP contribution in [0.25, 0.3) is 11.1 Å². The molecule has 0 spiro atoms. The molecule has 0 bridgehead atoms. The summed E-state index contributed by atoms with van der Waals surface area (Å²) < 4.78 is 5.78. The maximum absolute atomic E-state index is 12.9. The van der Waals surface area contributed by atoms with E-state index in [1.807, 2.05) is 29.2 Å². The number of carbonyl (C=O) groups is 3. The molecule has 1 aliphatic carbocycles. The highest BCUT2D eigenvalue weighted by molar-refractivity contribution is 5.94. The lowest BCUT2D eigenvalue weighted by atomic mass is 9.98. The lowest BCUT2D eigenvalue weighted by molar-refractivity contribution is 0.0696. The van der Waals surface area contributed by atoms with Gasteiger partial charge in [-0.15, -0.1) is 0 Å². The van der Waals surface area contributed by atoms with Crippen molar-refractivity contribution in [3.63, 3.8) is 0 Å². The van der Waals surface area contributed by atoms with Gasteiger partial charge in [0.1, 0.15) is 12.9 Å². The summed E-state index contributed by atoms with van der Waals surface area (Å²) in [5.74, 6) is -1.06. The number of benzene rings is 3. The quantitative estimate of drug-likeness (QED) is 0.550. The molecule has 1 amide bonds. The fraction of sp³-hybridized carbons (Fsp3) is 0.250. The van der Waals surface area contributed by atoms with Gasteiger partial charge in [-0.1, -0.05) is 48.5 Å². The van der Waals surface area contributed by atoms with Gasteiger partial charge in [0, 0.05) is 43.3 Å². The number of ether oxygens (including phenoxy) is 1. The van der Waals surface area contributed by atoms with Gasteiger partial charge in [0.05, 0.1) is 5.56 Å². The first-order valence-corrected chi connectivity index (χ1v) is 11.7. The number of carboxylic acids is 1. The van der Waals surface area contributed by atoms with Crippen LogP contribution >= 0.6 is 0 Å². The van der Waals surface area contributed by atoms with Crippen LogP contribution in [0.2, 0.25) is 0 Å². The Labute approximate surface area is 203 Å². The van der Waals surface area contributed by atoms with Gasteiger partial charge in [-0.2, -0.15) is 0 Å². The topological polar surface area (TPSA) is 87.2 Å². The van der Waals surface area contributed by atoms with E-state index >= 15 is 0 Å². The van der Waals surface area contributed by atoms with Crippen LogP contribution in [0.5, 0.6) is 0 Å². The molecule has 0 unspecified atom stereocenters. The molecule has 178 valence electrons. The van der Waals surface area contributed by atoms with Gasteiger partial charge >= 0.3 is 12.1 Å². The van der Waals surface area contributed by atoms with Crippen molar-refractivity contribution < 1.29 is 24.2 Å². The van der Waals surface area contributed by atoms with Crippen LogP contribution in [0.4, 0.5) is 10.5 Å². The van der Waals surface area contributed by atoms with Crippen LogP contribution in [-0.2, 0) is 4.74 Å². The molecule has 2 aliphatic rings. The predicted octanol–water partition coefficient (Wildman–Crippen LogP) is 4.58. The van der Waals surface area contributed by atoms with Crippen LogP contribution in [0, 0.1) is 6.92 Å². The van der Waals surface area contributed by atoms with Gasteiger partial charge in [0.15, 0.2) is 0 Å². The number of hydrogen-bond donors (Lipinski definition) is 1. The zero-order chi connectivity index (χ0) is 24.5. The molecule has 7 heteroatoms. The Morgan fingerprint density at radius 1 is 0.971 bits per heavy atom. The first kappa shape index (κ1) is 22.7. The van der Waals surface area contributed by atoms with Crippen molar-refractivity contribution in [3.8, 4) is 11.1 Å². The summed E-state index contributed by atoms with van der Waals surface area (Å²) in [5.41, 5.74) is 6.47. The summed E-state index contributed by atoms with van der Waals surface area (Å²) in [7, 11) is 0. The minimum Gasteiger partial charge on any atom is -0.478 e. The van der Waals surface area contributed by atoms with E-state index in [9.17, 15) is 19.5 Å². The van der Waals surface area contributed by atoms with Gasteiger partial charge in [-0.05, 0) is 46.9 Å². The van der Waals surface area contributed by atoms with E-state index < -0.39 is 5.97 Å². The fourth-order valence-electron chi connectivity index (χ4n) is 5.15. The Bertz CT molecular complexity index is 1260. The second-order valence-electron chi connectivity index (χ2n) is 8.91. The van der Waals surface area contributed by atoms with Crippen LogP contribution < -0.4 is 4.90 Å². The average molecular weight is 471 g/mol. The van der Waals surface area contributed by atoms with E-state index in [1.165, 1.54) is 28.3 Å². The number of fused-ring (bicyclic) bond motifs is 3. The highest BCUT2D eigenvalue weighted by atomic mass is 16.6. The number of nitrogens with zero attached hydrogens (tertiary/aromatic N) is 2. The molecule has 0 aromatic heterocycles. The fourth-order valence-corrected chi connectivity index (χ4v) is 5.15. The Morgan fingerprint density at radius 2 is 1.57 bits per heavy atom. The van der Waals surface area contributed by atoms with Crippen LogP contribution in [0.15, 0.2) is 60.7 Å². The first-order chi connectivity index (χ1) is 17.0. The molecule has 0 saturated carbocycles. The molecular weight excluding hydrogens is 444 g/mol. The molecule has 0 radical (unpaired) electrons. The van der Waals surface area contributed by atoms with Gasteiger partial charge < -0.3 is 19.6 Å². The zero-order valence-corrected chi connectivity index (χ0v) is 19.4. The summed E-state index contributed by atoms with van der Waals surface area (Å²) in [6, 6.07) is 19.6. The molecular formula is C28H26N2O5. The highest BCUT2D eigenvalue weighted by Crippen LogP contribution is 2.44. The van der Waals surface area contributed by atoms with E-state index in [-0.39, 0.29) is 24.2 Å². The number of carboxylic acid groups (broad SMARTS) is 1. The van der Waals surface area contributed by atoms with E-state index in [1.54, 1.807) is 17.9 Å². The van der Waals surface area contributed by atoms with Crippen molar-refractivity contribution >= 4 is 24.0 Å². The zero-order valence-electron chi connectivity index (χ0n) is 19.4. The molecule has 3 aromatic rings. The third kappa shape index (κ3) is 4.14. The van der Waals surface area contributed by atoms with E-state index in [4.69, 9.17) is 4.74 Å². The van der Waals surface area contributed by atoms with Gasteiger partial charge in [0.25, 0.3) is 0 Å². The molecule has 1 saturated heterocycles. The SMILES string of the molecule is Cc1c(C(=O)O)cc(C=O)cc1N1CCN(C(=O)OCC2c3ccccc3-c3ccccc32)CC1. The second-order valence-corrected chi connectivity index (χ2v) is 8.91. The maximum Gasteiger partial charge on any atom is 0.409 e. The third-order valence-electron chi connectivity index (χ3n) is 6.98. The standard InChI is InChI=1S/C28H26N2O5/c1-18-24(27(32)33)14-19(16-31)15-26(18)29-10-12-30(13-11-29)28(34)35-17-25-22-8-4-2-6-20(22)21-7-3-5-9-23(21)25/h2-9,14-16,25H,10-13,17H2,1H3,(H,32,33). The molecule has 1 heterocycles. The molecule has 1 fully saturated rings. The normalized spacial score (nSPS) is 14.9. The number of aromatic carboxylic acids is 1. The maximum atomic E-state index is 12.9. The molecule has 3 aromatic carbocycles.